The minimum atomic E-state index is -4.64. The Bertz CT molecular complexity index is 1630. The fourth-order valence-corrected chi connectivity index (χ4v) is 8.42. The van der Waals surface area contributed by atoms with Crippen LogP contribution in [0.15, 0.2) is 36.4 Å². The second kappa shape index (κ2) is 14.2. The van der Waals surface area contributed by atoms with E-state index in [0.717, 1.165) is 24.8 Å². The van der Waals surface area contributed by atoms with Gasteiger partial charge in [-0.3, -0.25) is 4.57 Å². The molecule has 0 saturated carbocycles. The van der Waals surface area contributed by atoms with Gasteiger partial charge in [0.05, 0.1) is 54.8 Å². The molecular formula is C36H52F3N3O6Si2. The molecule has 0 bridgehead atoms. The van der Waals surface area contributed by atoms with Crippen LogP contribution >= 0.6 is 0 Å². The fourth-order valence-electron chi connectivity index (χ4n) is 6.35. The Kier molecular flexibility index (Phi) is 10.6. The smallest absolute Gasteiger partial charge is 0.418 e. The van der Waals surface area contributed by atoms with Gasteiger partial charge in [-0.25, -0.2) is 4.98 Å². The molecule has 0 aliphatic carbocycles. The molecule has 3 saturated heterocycles. The average molecular weight is 736 g/mol. The first-order valence-corrected chi connectivity index (χ1v) is 24.2. The molecular weight excluding hydrogens is 684 g/mol. The average Bonchev–Trinajstić information content (AvgIpc) is 3.72. The third-order valence-electron chi connectivity index (χ3n) is 10.4. The summed E-state index contributed by atoms with van der Waals surface area (Å²) in [6.07, 6.45) is -5.99. The molecule has 0 unspecified atom stereocenters. The van der Waals surface area contributed by atoms with E-state index in [9.17, 15) is 13.2 Å². The van der Waals surface area contributed by atoms with Crippen molar-refractivity contribution in [1.29, 1.82) is 0 Å². The van der Waals surface area contributed by atoms with Crippen LogP contribution in [0.3, 0.4) is 0 Å². The van der Waals surface area contributed by atoms with Gasteiger partial charge in [-0.05, 0) is 42.4 Å². The van der Waals surface area contributed by atoms with Gasteiger partial charge < -0.3 is 33.0 Å². The zero-order valence-electron chi connectivity index (χ0n) is 30.6. The fraction of sp³-hybridized carbons (Fsp3) is 0.639. The number of halogens is 3. The van der Waals surface area contributed by atoms with E-state index < -0.39 is 34.2 Å². The molecule has 3 fully saturated rings. The first kappa shape index (κ1) is 37.3. The highest BCUT2D eigenvalue weighted by Crippen LogP contribution is 2.42. The van der Waals surface area contributed by atoms with E-state index in [0.29, 0.717) is 43.4 Å². The molecule has 6 rings (SSSR count). The van der Waals surface area contributed by atoms with Crippen LogP contribution in [-0.4, -0.2) is 96.5 Å². The van der Waals surface area contributed by atoms with E-state index in [1.165, 1.54) is 6.07 Å². The molecule has 14 heteroatoms. The number of aromatic nitrogens is 2. The number of hydrogen-bond acceptors (Lipinski definition) is 8. The van der Waals surface area contributed by atoms with Crippen LogP contribution < -0.4 is 9.64 Å². The van der Waals surface area contributed by atoms with E-state index in [2.05, 4.69) is 63.4 Å². The Morgan fingerprint density at radius 3 is 2.16 bits per heavy atom. The molecule has 276 valence electrons. The Balaban J connectivity index is 1.31. The lowest BCUT2D eigenvalue weighted by Gasteiger charge is -2.39. The molecule has 50 heavy (non-hydrogen) atoms. The number of rotatable bonds is 11. The number of pyridine rings is 1. The molecule has 9 nitrogen and oxygen atoms in total. The van der Waals surface area contributed by atoms with E-state index in [-0.39, 0.29) is 47.9 Å². The maximum Gasteiger partial charge on any atom is 0.418 e. The number of hydrogen-bond donors (Lipinski definition) is 0. The Labute approximate surface area is 295 Å². The number of anilines is 1. The Morgan fingerprint density at radius 1 is 0.900 bits per heavy atom. The summed E-state index contributed by atoms with van der Waals surface area (Å²) in [5.74, 6) is 0.361. The zero-order chi connectivity index (χ0) is 36.1. The summed E-state index contributed by atoms with van der Waals surface area (Å²) < 4.78 is 83.1. The quantitative estimate of drug-likeness (QED) is 0.146. The van der Waals surface area contributed by atoms with Crippen molar-refractivity contribution in [3.8, 4) is 17.1 Å². The molecule has 0 spiro atoms. The van der Waals surface area contributed by atoms with Crippen molar-refractivity contribution < 1.29 is 41.3 Å². The molecule has 2 aromatic heterocycles. The first-order valence-electron chi connectivity index (χ1n) is 17.6. The van der Waals surface area contributed by atoms with Crippen molar-refractivity contribution in [2.24, 2.45) is 0 Å². The summed E-state index contributed by atoms with van der Waals surface area (Å²) >= 11 is 0. The van der Waals surface area contributed by atoms with Gasteiger partial charge in [0, 0.05) is 45.1 Å². The minimum absolute atomic E-state index is 0.0233. The highest BCUT2D eigenvalue weighted by Gasteiger charge is 2.52. The second-order valence-electron chi connectivity index (χ2n) is 16.4. The van der Waals surface area contributed by atoms with E-state index in [4.69, 9.17) is 28.1 Å². The minimum Gasteiger partial charge on any atom is -0.470 e. The van der Waals surface area contributed by atoms with Crippen LogP contribution in [0.4, 0.5) is 18.9 Å². The standard InChI is InChI=1S/C36H52F3N3O6Si2/c1-35(2,3)50(7,8)48-30-22-46-33-29(21-45-34(30)33)47-31-20-27-28(42(31)23-44-17-18-49(4,5)6)19-26(36(37,38)39)32(40-27)24-9-11-25(12-10-24)41-13-15-43-16-14-41/h9-12,19-20,29-30,33-34H,13-18,21-23H2,1-8H3/t29-,30-,33-,34-/m1/s1. The molecule has 5 heterocycles. The van der Waals surface area contributed by atoms with E-state index in [1.54, 1.807) is 22.8 Å². The lowest BCUT2D eigenvalue weighted by molar-refractivity contribution is -0.137. The normalized spacial score (nSPS) is 23.5. The van der Waals surface area contributed by atoms with Gasteiger partial charge in [-0.15, -0.1) is 0 Å². The molecule has 0 amide bonds. The Hall–Kier alpha value is -2.47. The monoisotopic (exact) mass is 735 g/mol. The topological polar surface area (TPSA) is 76.4 Å². The number of alkyl halides is 3. The van der Waals surface area contributed by atoms with Crippen molar-refractivity contribution in [2.75, 3.05) is 51.0 Å². The van der Waals surface area contributed by atoms with Crippen molar-refractivity contribution in [1.82, 2.24) is 9.55 Å². The molecule has 0 N–H and O–H groups in total. The van der Waals surface area contributed by atoms with Gasteiger partial charge in [0.15, 0.2) is 20.3 Å². The molecule has 0 radical (unpaired) electrons. The van der Waals surface area contributed by atoms with Crippen LogP contribution in [0.1, 0.15) is 26.3 Å². The predicted molar refractivity (Wildman–Crippen MR) is 193 cm³/mol. The van der Waals surface area contributed by atoms with E-state index in [1.807, 2.05) is 12.1 Å². The molecule has 1 aromatic carbocycles. The summed E-state index contributed by atoms with van der Waals surface area (Å²) in [6, 6.07) is 10.9. The van der Waals surface area contributed by atoms with Crippen LogP contribution in [0.25, 0.3) is 22.3 Å². The van der Waals surface area contributed by atoms with Crippen molar-refractivity contribution >= 4 is 33.1 Å². The highest BCUT2D eigenvalue weighted by molar-refractivity contribution is 6.76. The largest absolute Gasteiger partial charge is 0.470 e. The molecule has 3 aliphatic rings. The number of benzene rings is 1. The van der Waals surface area contributed by atoms with Crippen LogP contribution in [-0.2, 0) is 36.3 Å². The third-order valence-corrected chi connectivity index (χ3v) is 16.6. The molecule has 4 atom stereocenters. The number of ether oxygens (including phenoxy) is 5. The van der Waals surface area contributed by atoms with Gasteiger partial charge >= 0.3 is 6.18 Å². The molecule has 3 aromatic rings. The zero-order valence-corrected chi connectivity index (χ0v) is 32.6. The van der Waals surface area contributed by atoms with Crippen molar-refractivity contribution in [3.63, 3.8) is 0 Å². The predicted octanol–water partition coefficient (Wildman–Crippen LogP) is 7.81. The maximum absolute atomic E-state index is 14.7. The maximum atomic E-state index is 14.7. The van der Waals surface area contributed by atoms with Crippen LogP contribution in [0, 0.1) is 0 Å². The summed E-state index contributed by atoms with van der Waals surface area (Å²) in [5.41, 5.74) is 1.05. The summed E-state index contributed by atoms with van der Waals surface area (Å²) in [4.78, 5) is 6.80. The third kappa shape index (κ3) is 8.11. The van der Waals surface area contributed by atoms with Gasteiger partial charge in [0.25, 0.3) is 0 Å². The van der Waals surface area contributed by atoms with Crippen molar-refractivity contribution in [2.45, 2.75) is 102 Å². The lowest BCUT2D eigenvalue weighted by atomic mass is 10.0. The van der Waals surface area contributed by atoms with Crippen LogP contribution in [0.2, 0.25) is 43.8 Å². The number of nitrogens with zero attached hydrogens (tertiary/aromatic N) is 3. The number of morpholine rings is 1. The highest BCUT2D eigenvalue weighted by atomic mass is 28.4. The summed E-state index contributed by atoms with van der Waals surface area (Å²) in [7, 11) is -3.48. The lowest BCUT2D eigenvalue weighted by Crippen LogP contribution is -2.47. The van der Waals surface area contributed by atoms with Gasteiger partial charge in [0.1, 0.15) is 18.9 Å². The van der Waals surface area contributed by atoms with E-state index >= 15 is 0 Å². The SMILES string of the molecule is CC(C)(C)[Si](C)(C)O[C@@H]1CO[C@H]2[C@@H]1OC[C@H]2Oc1cc2nc(-c3ccc(N4CCOCC4)cc3)c(C(F)(F)F)cc2n1COCC[Si](C)(C)C. The number of fused-ring (bicyclic) bond motifs is 2. The summed E-state index contributed by atoms with van der Waals surface area (Å²) in [5, 5.41) is 0.0297. The van der Waals surface area contributed by atoms with Gasteiger partial charge in [0.2, 0.25) is 0 Å². The Morgan fingerprint density at radius 2 is 1.54 bits per heavy atom. The van der Waals surface area contributed by atoms with Crippen molar-refractivity contribution in [3.05, 3.63) is 42.0 Å². The first-order chi connectivity index (χ1) is 23.4. The van der Waals surface area contributed by atoms with Gasteiger partial charge in [-0.1, -0.05) is 52.5 Å². The van der Waals surface area contributed by atoms with Gasteiger partial charge in [-0.2, -0.15) is 13.2 Å². The molecule has 3 aliphatic heterocycles. The van der Waals surface area contributed by atoms with Crippen LogP contribution in [0.5, 0.6) is 5.88 Å². The summed E-state index contributed by atoms with van der Waals surface area (Å²) in [6.45, 7) is 21.7. The second-order valence-corrected chi connectivity index (χ2v) is 26.7.